The average molecular weight is 343 g/mol. The van der Waals surface area contributed by atoms with Crippen molar-refractivity contribution in [3.8, 4) is 11.5 Å². The molecule has 1 amide bonds. The molecule has 0 aliphatic rings. The normalized spacial score (nSPS) is 11.3. The van der Waals surface area contributed by atoms with Crippen LogP contribution in [0, 0.1) is 0 Å². The third kappa shape index (κ3) is 4.73. The SMILES string of the molecule is COC(=O)C(Cc1ccccc1)NC(=O)c1ccc(OC)cc1OC. The molecule has 0 aromatic heterocycles. The molecule has 0 aliphatic carbocycles. The fourth-order valence-corrected chi connectivity index (χ4v) is 2.41. The van der Waals surface area contributed by atoms with Crippen molar-refractivity contribution < 1.29 is 23.8 Å². The van der Waals surface area contributed by atoms with Gasteiger partial charge in [-0.2, -0.15) is 0 Å². The summed E-state index contributed by atoms with van der Waals surface area (Å²) in [5.74, 6) is -0.00195. The van der Waals surface area contributed by atoms with Gasteiger partial charge in [-0.1, -0.05) is 30.3 Å². The molecule has 2 rings (SSSR count). The van der Waals surface area contributed by atoms with E-state index >= 15 is 0 Å². The minimum Gasteiger partial charge on any atom is -0.497 e. The number of benzene rings is 2. The Morgan fingerprint density at radius 1 is 1.00 bits per heavy atom. The van der Waals surface area contributed by atoms with Crippen LogP contribution in [0.2, 0.25) is 0 Å². The molecule has 2 aromatic carbocycles. The lowest BCUT2D eigenvalue weighted by molar-refractivity contribution is -0.142. The number of rotatable bonds is 7. The number of hydrogen-bond acceptors (Lipinski definition) is 5. The summed E-state index contributed by atoms with van der Waals surface area (Å²) in [4.78, 5) is 24.7. The largest absolute Gasteiger partial charge is 0.497 e. The van der Waals surface area contributed by atoms with E-state index in [2.05, 4.69) is 5.32 Å². The Balaban J connectivity index is 2.20. The predicted octanol–water partition coefficient (Wildman–Crippen LogP) is 2.22. The molecule has 6 heteroatoms. The van der Waals surface area contributed by atoms with Gasteiger partial charge in [0.15, 0.2) is 0 Å². The highest BCUT2D eigenvalue weighted by Gasteiger charge is 2.24. The van der Waals surface area contributed by atoms with Crippen LogP contribution in [-0.4, -0.2) is 39.2 Å². The fourth-order valence-electron chi connectivity index (χ4n) is 2.41. The zero-order chi connectivity index (χ0) is 18.2. The lowest BCUT2D eigenvalue weighted by Crippen LogP contribution is -2.43. The van der Waals surface area contributed by atoms with E-state index in [0.29, 0.717) is 23.5 Å². The number of ether oxygens (including phenoxy) is 3. The summed E-state index contributed by atoms with van der Waals surface area (Å²) in [6, 6.07) is 13.5. The molecule has 1 N–H and O–H groups in total. The van der Waals surface area contributed by atoms with Crippen molar-refractivity contribution in [3.63, 3.8) is 0 Å². The van der Waals surface area contributed by atoms with Crippen LogP contribution in [0.4, 0.5) is 0 Å². The van der Waals surface area contributed by atoms with Crippen LogP contribution in [0.25, 0.3) is 0 Å². The summed E-state index contributed by atoms with van der Waals surface area (Å²) >= 11 is 0. The first-order chi connectivity index (χ1) is 12.1. The standard InChI is InChI=1S/C19H21NO5/c1-23-14-9-10-15(17(12-14)24-2)18(21)20-16(19(22)25-3)11-13-7-5-4-6-8-13/h4-10,12,16H,11H2,1-3H3,(H,20,21). The Hall–Kier alpha value is -3.02. The van der Waals surface area contributed by atoms with Crippen molar-refractivity contribution in [2.45, 2.75) is 12.5 Å². The summed E-state index contributed by atoms with van der Waals surface area (Å²) in [6.45, 7) is 0. The topological polar surface area (TPSA) is 73.9 Å². The summed E-state index contributed by atoms with van der Waals surface area (Å²) in [6.07, 6.45) is 0.331. The van der Waals surface area contributed by atoms with Crippen LogP contribution in [0.5, 0.6) is 11.5 Å². The number of hydrogen-bond donors (Lipinski definition) is 1. The van der Waals surface area contributed by atoms with E-state index in [9.17, 15) is 9.59 Å². The highest BCUT2D eigenvalue weighted by atomic mass is 16.5. The molecule has 1 unspecified atom stereocenters. The van der Waals surface area contributed by atoms with Crippen LogP contribution in [-0.2, 0) is 16.0 Å². The number of esters is 1. The first-order valence-corrected chi connectivity index (χ1v) is 7.73. The van der Waals surface area contributed by atoms with Crippen LogP contribution in [0.3, 0.4) is 0 Å². The molecule has 0 saturated carbocycles. The first kappa shape index (κ1) is 18.3. The van der Waals surface area contributed by atoms with Crippen molar-refractivity contribution in [1.82, 2.24) is 5.32 Å². The maximum atomic E-state index is 12.6. The fraction of sp³-hybridized carbons (Fsp3) is 0.263. The quantitative estimate of drug-likeness (QED) is 0.781. The van der Waals surface area contributed by atoms with E-state index in [1.165, 1.54) is 21.3 Å². The van der Waals surface area contributed by atoms with Gasteiger partial charge in [-0.25, -0.2) is 4.79 Å². The third-order valence-corrected chi connectivity index (χ3v) is 3.73. The van der Waals surface area contributed by atoms with Crippen molar-refractivity contribution >= 4 is 11.9 Å². The maximum Gasteiger partial charge on any atom is 0.328 e. The highest BCUT2D eigenvalue weighted by Crippen LogP contribution is 2.24. The van der Waals surface area contributed by atoms with Gasteiger partial charge in [0.1, 0.15) is 17.5 Å². The van der Waals surface area contributed by atoms with Crippen LogP contribution in [0.15, 0.2) is 48.5 Å². The molecular formula is C19H21NO5. The van der Waals surface area contributed by atoms with Gasteiger partial charge in [0, 0.05) is 12.5 Å². The smallest absolute Gasteiger partial charge is 0.328 e. The predicted molar refractivity (Wildman–Crippen MR) is 93.0 cm³/mol. The summed E-state index contributed by atoms with van der Waals surface area (Å²) in [5.41, 5.74) is 1.23. The zero-order valence-corrected chi connectivity index (χ0v) is 14.4. The van der Waals surface area contributed by atoms with Gasteiger partial charge in [0.25, 0.3) is 5.91 Å². The van der Waals surface area contributed by atoms with Gasteiger partial charge in [0.2, 0.25) is 0 Å². The van der Waals surface area contributed by atoms with Crippen LogP contribution >= 0.6 is 0 Å². The molecule has 1 atom stereocenters. The number of methoxy groups -OCH3 is 3. The Morgan fingerprint density at radius 3 is 2.32 bits per heavy atom. The maximum absolute atomic E-state index is 12.6. The summed E-state index contributed by atoms with van der Waals surface area (Å²) in [5, 5.41) is 2.71. The number of nitrogens with one attached hydrogen (secondary N) is 1. The monoisotopic (exact) mass is 343 g/mol. The van der Waals surface area contributed by atoms with E-state index in [4.69, 9.17) is 14.2 Å². The molecule has 2 aromatic rings. The van der Waals surface area contributed by atoms with E-state index in [1.807, 2.05) is 30.3 Å². The number of carbonyl (C=O) groups excluding carboxylic acids is 2. The summed E-state index contributed by atoms with van der Waals surface area (Å²) in [7, 11) is 4.29. The van der Waals surface area contributed by atoms with Crippen molar-refractivity contribution in [2.75, 3.05) is 21.3 Å². The van der Waals surface area contributed by atoms with E-state index < -0.39 is 17.9 Å². The molecule has 0 heterocycles. The van der Waals surface area contributed by atoms with Crippen molar-refractivity contribution in [2.24, 2.45) is 0 Å². The number of amides is 1. The number of carbonyl (C=O) groups is 2. The second kappa shape index (κ2) is 8.73. The Morgan fingerprint density at radius 2 is 1.72 bits per heavy atom. The molecule has 0 radical (unpaired) electrons. The second-order valence-electron chi connectivity index (χ2n) is 5.31. The average Bonchev–Trinajstić information content (AvgIpc) is 2.66. The van der Waals surface area contributed by atoms with Gasteiger partial charge in [0.05, 0.1) is 26.9 Å². The lowest BCUT2D eigenvalue weighted by Gasteiger charge is -2.18. The van der Waals surface area contributed by atoms with Gasteiger partial charge in [-0.15, -0.1) is 0 Å². The minimum absolute atomic E-state index is 0.310. The van der Waals surface area contributed by atoms with Gasteiger partial charge >= 0.3 is 5.97 Å². The lowest BCUT2D eigenvalue weighted by atomic mass is 10.1. The third-order valence-electron chi connectivity index (χ3n) is 3.73. The molecule has 0 aliphatic heterocycles. The van der Waals surface area contributed by atoms with Gasteiger partial charge in [-0.05, 0) is 17.7 Å². The first-order valence-electron chi connectivity index (χ1n) is 7.73. The molecule has 0 spiro atoms. The van der Waals surface area contributed by atoms with Crippen molar-refractivity contribution in [1.29, 1.82) is 0 Å². The summed E-state index contributed by atoms with van der Waals surface area (Å²) < 4.78 is 15.2. The molecule has 0 saturated heterocycles. The molecule has 132 valence electrons. The van der Waals surface area contributed by atoms with Crippen LogP contribution in [0.1, 0.15) is 15.9 Å². The minimum atomic E-state index is -0.799. The molecular weight excluding hydrogens is 322 g/mol. The van der Waals surface area contributed by atoms with E-state index in [-0.39, 0.29) is 0 Å². The van der Waals surface area contributed by atoms with Gasteiger partial charge in [-0.3, -0.25) is 4.79 Å². The highest BCUT2D eigenvalue weighted by molar-refractivity contribution is 5.99. The van der Waals surface area contributed by atoms with E-state index in [0.717, 1.165) is 5.56 Å². The van der Waals surface area contributed by atoms with E-state index in [1.54, 1.807) is 18.2 Å². The van der Waals surface area contributed by atoms with Gasteiger partial charge < -0.3 is 19.5 Å². The molecule has 6 nitrogen and oxygen atoms in total. The van der Waals surface area contributed by atoms with Crippen LogP contribution < -0.4 is 14.8 Å². The second-order valence-corrected chi connectivity index (χ2v) is 5.31. The zero-order valence-electron chi connectivity index (χ0n) is 14.4. The Kier molecular flexibility index (Phi) is 6.39. The molecule has 0 bridgehead atoms. The van der Waals surface area contributed by atoms with Crippen molar-refractivity contribution in [3.05, 3.63) is 59.7 Å². The Bertz CT molecular complexity index is 730. The Labute approximate surface area is 146 Å². The molecule has 25 heavy (non-hydrogen) atoms. The molecule has 0 fully saturated rings.